The molecule has 2 aromatic rings. The van der Waals surface area contributed by atoms with Crippen molar-refractivity contribution < 1.29 is 9.59 Å². The van der Waals surface area contributed by atoms with Gasteiger partial charge in [0.25, 0.3) is 0 Å². The molecule has 2 rings (SSSR count). The highest BCUT2D eigenvalue weighted by molar-refractivity contribution is 6.39. The molecule has 0 aromatic carbocycles. The smallest absolute Gasteiger partial charge is 0.316 e. The van der Waals surface area contributed by atoms with Gasteiger partial charge in [0.05, 0.1) is 0 Å². The normalized spacial score (nSPS) is 9.78. The molecule has 8 nitrogen and oxygen atoms in total. The van der Waals surface area contributed by atoms with Crippen LogP contribution in [0.5, 0.6) is 0 Å². The second-order valence-corrected chi connectivity index (χ2v) is 3.33. The first-order chi connectivity index (χ1) is 8.75. The zero-order valence-corrected chi connectivity index (χ0v) is 9.25. The average molecular weight is 246 g/mol. The molecule has 92 valence electrons. The van der Waals surface area contributed by atoms with Gasteiger partial charge in [-0.3, -0.25) is 19.9 Å². The van der Waals surface area contributed by atoms with Crippen molar-refractivity contribution >= 4 is 17.8 Å². The lowest BCUT2D eigenvalue weighted by atomic mass is 10.3. The summed E-state index contributed by atoms with van der Waals surface area (Å²) in [6, 6.07) is 3.54. The van der Waals surface area contributed by atoms with Gasteiger partial charge in [-0.2, -0.15) is 10.1 Å². The molecule has 0 fully saturated rings. The Hall–Kier alpha value is -2.77. The van der Waals surface area contributed by atoms with Crippen molar-refractivity contribution in [2.75, 3.05) is 5.32 Å². The molecule has 0 aliphatic heterocycles. The first-order valence-electron chi connectivity index (χ1n) is 5.09. The topological polar surface area (TPSA) is 113 Å². The van der Waals surface area contributed by atoms with Gasteiger partial charge in [0.15, 0.2) is 0 Å². The van der Waals surface area contributed by atoms with Crippen molar-refractivity contribution in [1.82, 2.24) is 25.5 Å². The van der Waals surface area contributed by atoms with Crippen molar-refractivity contribution in [1.29, 1.82) is 0 Å². The predicted octanol–water partition coefficient (Wildman–Crippen LogP) is -0.545. The number of carbonyl (C=O) groups is 2. The number of aromatic nitrogens is 4. The van der Waals surface area contributed by atoms with Crippen molar-refractivity contribution in [3.63, 3.8) is 0 Å². The standard InChI is InChI=1S/C10H10N6O2/c17-8(9(18)15-10-13-6-14-16-10)12-5-7-2-1-3-11-4-7/h1-4,6H,5H2,(H,12,17)(H2,13,14,15,16,18). The average Bonchev–Trinajstić information content (AvgIpc) is 2.90. The van der Waals surface area contributed by atoms with Crippen LogP contribution in [0.4, 0.5) is 5.95 Å². The number of rotatable bonds is 3. The van der Waals surface area contributed by atoms with E-state index >= 15 is 0 Å². The fourth-order valence-corrected chi connectivity index (χ4v) is 1.20. The first kappa shape index (κ1) is 11.7. The molecule has 0 atom stereocenters. The number of amides is 2. The van der Waals surface area contributed by atoms with Crippen molar-refractivity contribution in [3.8, 4) is 0 Å². The Kier molecular flexibility index (Phi) is 3.59. The van der Waals surface area contributed by atoms with Gasteiger partial charge in [-0.1, -0.05) is 6.07 Å². The summed E-state index contributed by atoms with van der Waals surface area (Å²) in [5.74, 6) is -1.44. The molecule has 18 heavy (non-hydrogen) atoms. The van der Waals surface area contributed by atoms with Crippen molar-refractivity contribution in [2.45, 2.75) is 6.54 Å². The Labute approximate surface area is 102 Å². The molecule has 0 bridgehead atoms. The summed E-state index contributed by atoms with van der Waals surface area (Å²) in [7, 11) is 0. The summed E-state index contributed by atoms with van der Waals surface area (Å²) < 4.78 is 0. The van der Waals surface area contributed by atoms with Crippen LogP contribution in [0.25, 0.3) is 0 Å². The van der Waals surface area contributed by atoms with E-state index in [1.165, 1.54) is 6.33 Å². The molecule has 0 aliphatic carbocycles. The third kappa shape index (κ3) is 3.11. The van der Waals surface area contributed by atoms with E-state index in [9.17, 15) is 9.59 Å². The summed E-state index contributed by atoms with van der Waals surface area (Å²) >= 11 is 0. The minimum absolute atomic E-state index is 0.122. The number of nitrogens with one attached hydrogen (secondary N) is 3. The molecule has 3 N–H and O–H groups in total. The number of H-pyrrole nitrogens is 1. The molecule has 0 saturated heterocycles. The molecule has 2 heterocycles. The van der Waals surface area contributed by atoms with Crippen molar-refractivity contribution in [3.05, 3.63) is 36.4 Å². The van der Waals surface area contributed by atoms with Crippen LogP contribution in [-0.4, -0.2) is 32.0 Å². The number of nitrogens with zero attached hydrogens (tertiary/aromatic N) is 3. The molecule has 2 amide bonds. The second-order valence-electron chi connectivity index (χ2n) is 3.33. The lowest BCUT2D eigenvalue weighted by Gasteiger charge is -2.04. The summed E-state index contributed by atoms with van der Waals surface area (Å²) in [4.78, 5) is 30.4. The maximum absolute atomic E-state index is 11.4. The first-order valence-corrected chi connectivity index (χ1v) is 5.09. The van der Waals surface area contributed by atoms with Gasteiger partial charge in [0.1, 0.15) is 6.33 Å². The highest BCUT2D eigenvalue weighted by atomic mass is 16.2. The Balaban J connectivity index is 1.83. The molecule has 0 spiro atoms. The summed E-state index contributed by atoms with van der Waals surface area (Å²) in [5.41, 5.74) is 0.804. The maximum atomic E-state index is 11.4. The SMILES string of the molecule is O=C(NCc1cccnc1)C(=O)Nc1ncn[nH]1. The van der Waals surface area contributed by atoms with E-state index in [0.29, 0.717) is 0 Å². The monoisotopic (exact) mass is 246 g/mol. The van der Waals surface area contributed by atoms with E-state index in [1.54, 1.807) is 24.5 Å². The lowest BCUT2D eigenvalue weighted by molar-refractivity contribution is -0.136. The third-order valence-corrected chi connectivity index (χ3v) is 2.03. The van der Waals surface area contributed by atoms with Gasteiger partial charge in [0, 0.05) is 18.9 Å². The zero-order valence-electron chi connectivity index (χ0n) is 9.25. The molecule has 8 heteroatoms. The van der Waals surface area contributed by atoms with Crippen LogP contribution >= 0.6 is 0 Å². The second kappa shape index (κ2) is 5.53. The van der Waals surface area contributed by atoms with Crippen LogP contribution < -0.4 is 10.6 Å². The van der Waals surface area contributed by atoms with Gasteiger partial charge in [-0.05, 0) is 11.6 Å². The Bertz CT molecular complexity index is 525. The Morgan fingerprint density at radius 3 is 2.89 bits per heavy atom. The Morgan fingerprint density at radius 2 is 2.22 bits per heavy atom. The van der Waals surface area contributed by atoms with Crippen LogP contribution in [-0.2, 0) is 16.1 Å². The number of pyridine rings is 1. The number of aromatic amines is 1. The highest BCUT2D eigenvalue weighted by Crippen LogP contribution is 1.95. The molecule has 2 aromatic heterocycles. The quantitative estimate of drug-likeness (QED) is 0.629. The van der Waals surface area contributed by atoms with Crippen LogP contribution in [0.2, 0.25) is 0 Å². The summed E-state index contributed by atoms with van der Waals surface area (Å²) in [5, 5.41) is 10.7. The zero-order chi connectivity index (χ0) is 12.8. The van der Waals surface area contributed by atoms with Gasteiger partial charge in [0.2, 0.25) is 5.95 Å². The van der Waals surface area contributed by atoms with E-state index in [1.807, 2.05) is 0 Å². The highest BCUT2D eigenvalue weighted by Gasteiger charge is 2.14. The molecular formula is C10H10N6O2. The van der Waals surface area contributed by atoms with Crippen LogP contribution in [0, 0.1) is 0 Å². The third-order valence-electron chi connectivity index (χ3n) is 2.03. The van der Waals surface area contributed by atoms with Gasteiger partial charge in [-0.25, -0.2) is 5.10 Å². The number of anilines is 1. The van der Waals surface area contributed by atoms with Gasteiger partial charge >= 0.3 is 11.8 Å². The number of carbonyl (C=O) groups excluding carboxylic acids is 2. The van der Waals surface area contributed by atoms with E-state index in [-0.39, 0.29) is 12.5 Å². The Morgan fingerprint density at radius 1 is 1.33 bits per heavy atom. The number of hydrogen-bond acceptors (Lipinski definition) is 5. The fourth-order valence-electron chi connectivity index (χ4n) is 1.20. The fraction of sp³-hybridized carbons (Fsp3) is 0.100. The minimum Gasteiger partial charge on any atom is -0.344 e. The van der Waals surface area contributed by atoms with E-state index in [2.05, 4.69) is 30.8 Å². The summed E-state index contributed by atoms with van der Waals surface area (Å²) in [6.45, 7) is 0.233. The molecule has 0 radical (unpaired) electrons. The maximum Gasteiger partial charge on any atom is 0.316 e. The van der Waals surface area contributed by atoms with Gasteiger partial charge < -0.3 is 5.32 Å². The predicted molar refractivity (Wildman–Crippen MR) is 61.1 cm³/mol. The van der Waals surface area contributed by atoms with Crippen LogP contribution in [0.15, 0.2) is 30.9 Å². The molecule has 0 unspecified atom stereocenters. The van der Waals surface area contributed by atoms with Crippen molar-refractivity contribution in [2.24, 2.45) is 0 Å². The molecule has 0 aliphatic rings. The van der Waals surface area contributed by atoms with E-state index < -0.39 is 11.8 Å². The van der Waals surface area contributed by atoms with E-state index in [4.69, 9.17) is 0 Å². The molecule has 0 saturated carbocycles. The molecular weight excluding hydrogens is 236 g/mol. The lowest BCUT2D eigenvalue weighted by Crippen LogP contribution is -2.35. The van der Waals surface area contributed by atoms with E-state index in [0.717, 1.165) is 5.56 Å². The van der Waals surface area contributed by atoms with Crippen LogP contribution in [0.1, 0.15) is 5.56 Å². The van der Waals surface area contributed by atoms with Crippen LogP contribution in [0.3, 0.4) is 0 Å². The minimum atomic E-state index is -0.810. The largest absolute Gasteiger partial charge is 0.344 e. The number of hydrogen-bond donors (Lipinski definition) is 3. The summed E-state index contributed by atoms with van der Waals surface area (Å²) in [6.07, 6.45) is 4.46. The van der Waals surface area contributed by atoms with Gasteiger partial charge in [-0.15, -0.1) is 0 Å².